The van der Waals surface area contributed by atoms with Crippen molar-refractivity contribution in [2.45, 2.75) is 0 Å². The number of ether oxygens (including phenoxy) is 1. The zero-order chi connectivity index (χ0) is 14.0. The monoisotopic (exact) mass is 264 g/mol. The van der Waals surface area contributed by atoms with E-state index in [-0.39, 0.29) is 5.56 Å². The summed E-state index contributed by atoms with van der Waals surface area (Å²) in [7, 11) is 1.19. The molecule has 0 fully saturated rings. The molecule has 0 amide bonds. The van der Waals surface area contributed by atoms with Gasteiger partial charge >= 0.3 is 5.97 Å². The molecular weight excluding hydrogens is 254 g/mol. The Labute approximate surface area is 108 Å². The SMILES string of the molecule is COC(=O)c1cc(F)cc(-c2ccc(F)c(O)c2)c1. The van der Waals surface area contributed by atoms with E-state index in [9.17, 15) is 18.7 Å². The molecule has 0 aliphatic heterocycles. The van der Waals surface area contributed by atoms with Gasteiger partial charge in [0.1, 0.15) is 5.82 Å². The molecule has 98 valence electrons. The second-order valence-electron chi connectivity index (χ2n) is 3.89. The molecular formula is C14H10F2O3. The molecule has 0 unspecified atom stereocenters. The summed E-state index contributed by atoms with van der Waals surface area (Å²) in [4.78, 5) is 11.4. The molecule has 0 spiro atoms. The number of methoxy groups -OCH3 is 1. The largest absolute Gasteiger partial charge is 0.505 e. The summed E-state index contributed by atoms with van der Waals surface area (Å²) >= 11 is 0. The average Bonchev–Trinajstić information content (AvgIpc) is 2.40. The summed E-state index contributed by atoms with van der Waals surface area (Å²) in [5.74, 6) is -2.61. The van der Waals surface area contributed by atoms with Gasteiger partial charge in [-0.3, -0.25) is 0 Å². The van der Waals surface area contributed by atoms with Gasteiger partial charge in [0, 0.05) is 0 Å². The molecule has 2 aromatic carbocycles. The normalized spacial score (nSPS) is 10.3. The average molecular weight is 264 g/mol. The van der Waals surface area contributed by atoms with Crippen LogP contribution in [0.5, 0.6) is 5.75 Å². The minimum atomic E-state index is -0.770. The Morgan fingerprint density at radius 3 is 2.47 bits per heavy atom. The fraction of sp³-hybridized carbons (Fsp3) is 0.0714. The van der Waals surface area contributed by atoms with Crippen LogP contribution in [0.2, 0.25) is 0 Å². The standard InChI is InChI=1S/C14H10F2O3/c1-19-14(18)10-4-9(5-11(15)6-10)8-2-3-12(16)13(17)7-8/h2-7,17H,1H3. The summed E-state index contributed by atoms with van der Waals surface area (Å²) < 4.78 is 30.9. The van der Waals surface area contributed by atoms with Crippen LogP contribution in [0.4, 0.5) is 8.78 Å². The number of aromatic hydroxyl groups is 1. The zero-order valence-corrected chi connectivity index (χ0v) is 9.98. The van der Waals surface area contributed by atoms with Gasteiger partial charge in [0.05, 0.1) is 12.7 Å². The highest BCUT2D eigenvalue weighted by Crippen LogP contribution is 2.27. The molecule has 0 aromatic heterocycles. The first-order chi connectivity index (χ1) is 9.01. The quantitative estimate of drug-likeness (QED) is 0.848. The molecule has 5 heteroatoms. The molecule has 0 aliphatic rings. The Balaban J connectivity index is 2.52. The van der Waals surface area contributed by atoms with Gasteiger partial charge in [-0.2, -0.15) is 0 Å². The molecule has 19 heavy (non-hydrogen) atoms. The van der Waals surface area contributed by atoms with Crippen LogP contribution in [0.3, 0.4) is 0 Å². The van der Waals surface area contributed by atoms with Gasteiger partial charge in [0.25, 0.3) is 0 Å². The van der Waals surface area contributed by atoms with E-state index in [1.165, 1.54) is 25.3 Å². The van der Waals surface area contributed by atoms with Crippen molar-refractivity contribution in [3.8, 4) is 16.9 Å². The fourth-order valence-corrected chi connectivity index (χ4v) is 1.68. The number of carbonyl (C=O) groups is 1. The summed E-state index contributed by atoms with van der Waals surface area (Å²) in [6, 6.07) is 7.23. The number of rotatable bonds is 2. The Bertz CT molecular complexity index is 639. The van der Waals surface area contributed by atoms with Crippen molar-refractivity contribution in [1.29, 1.82) is 0 Å². The highest BCUT2D eigenvalue weighted by molar-refractivity contribution is 5.91. The van der Waals surface area contributed by atoms with Crippen LogP contribution in [0.15, 0.2) is 36.4 Å². The molecule has 2 aromatic rings. The lowest BCUT2D eigenvalue weighted by atomic mass is 10.0. The highest BCUT2D eigenvalue weighted by atomic mass is 19.1. The predicted molar refractivity (Wildman–Crippen MR) is 64.8 cm³/mol. The molecule has 3 nitrogen and oxygen atoms in total. The smallest absolute Gasteiger partial charge is 0.337 e. The minimum Gasteiger partial charge on any atom is -0.505 e. The maximum Gasteiger partial charge on any atom is 0.337 e. The van der Waals surface area contributed by atoms with Crippen LogP contribution in [0.25, 0.3) is 11.1 Å². The summed E-state index contributed by atoms with van der Waals surface area (Å²) in [6.45, 7) is 0. The summed E-state index contributed by atoms with van der Waals surface area (Å²) in [6.07, 6.45) is 0. The molecule has 0 atom stereocenters. The maximum absolute atomic E-state index is 13.4. The fourth-order valence-electron chi connectivity index (χ4n) is 1.68. The molecule has 0 aliphatic carbocycles. The maximum atomic E-state index is 13.4. The minimum absolute atomic E-state index is 0.0429. The van der Waals surface area contributed by atoms with E-state index >= 15 is 0 Å². The van der Waals surface area contributed by atoms with Crippen molar-refractivity contribution in [2.75, 3.05) is 7.11 Å². The first-order valence-electron chi connectivity index (χ1n) is 5.39. The third-order valence-corrected chi connectivity index (χ3v) is 2.60. The van der Waals surface area contributed by atoms with Crippen molar-refractivity contribution >= 4 is 5.97 Å². The van der Waals surface area contributed by atoms with Gasteiger partial charge in [0.2, 0.25) is 0 Å². The van der Waals surface area contributed by atoms with E-state index in [0.29, 0.717) is 11.1 Å². The van der Waals surface area contributed by atoms with Crippen molar-refractivity contribution < 1.29 is 23.4 Å². The molecule has 0 radical (unpaired) electrons. The molecule has 0 heterocycles. The molecule has 0 saturated carbocycles. The molecule has 0 bridgehead atoms. The van der Waals surface area contributed by atoms with Gasteiger partial charge in [-0.15, -0.1) is 0 Å². The zero-order valence-electron chi connectivity index (χ0n) is 9.98. The number of halogens is 2. The van der Waals surface area contributed by atoms with Gasteiger partial charge < -0.3 is 9.84 Å². The third kappa shape index (κ3) is 2.70. The van der Waals surface area contributed by atoms with Gasteiger partial charge in [-0.05, 0) is 41.5 Å². The number of esters is 1. The van der Waals surface area contributed by atoms with Crippen LogP contribution in [0.1, 0.15) is 10.4 Å². The van der Waals surface area contributed by atoms with Crippen LogP contribution in [0, 0.1) is 11.6 Å². The van der Waals surface area contributed by atoms with Crippen molar-refractivity contribution in [2.24, 2.45) is 0 Å². The van der Waals surface area contributed by atoms with Crippen LogP contribution in [-0.4, -0.2) is 18.2 Å². The topological polar surface area (TPSA) is 46.5 Å². The summed E-state index contributed by atoms with van der Waals surface area (Å²) in [5.41, 5.74) is 0.778. The van der Waals surface area contributed by atoms with Gasteiger partial charge in [-0.1, -0.05) is 6.07 Å². The first kappa shape index (κ1) is 13.0. The number of hydrogen-bond acceptors (Lipinski definition) is 3. The van der Waals surface area contributed by atoms with Crippen LogP contribution >= 0.6 is 0 Å². The molecule has 1 N–H and O–H groups in total. The number of hydrogen-bond donors (Lipinski definition) is 1. The van der Waals surface area contributed by atoms with Gasteiger partial charge in [0.15, 0.2) is 11.6 Å². The predicted octanol–water partition coefficient (Wildman–Crippen LogP) is 3.12. The van der Waals surface area contributed by atoms with Crippen LogP contribution < -0.4 is 0 Å². The Kier molecular flexibility index (Phi) is 3.46. The summed E-state index contributed by atoms with van der Waals surface area (Å²) in [5, 5.41) is 9.29. The Morgan fingerprint density at radius 1 is 1.11 bits per heavy atom. The Morgan fingerprint density at radius 2 is 1.84 bits per heavy atom. The van der Waals surface area contributed by atoms with Crippen molar-refractivity contribution in [1.82, 2.24) is 0 Å². The van der Waals surface area contributed by atoms with E-state index in [4.69, 9.17) is 0 Å². The lowest BCUT2D eigenvalue weighted by Crippen LogP contribution is -2.02. The van der Waals surface area contributed by atoms with Crippen molar-refractivity contribution in [3.05, 3.63) is 53.6 Å². The van der Waals surface area contributed by atoms with Gasteiger partial charge in [-0.25, -0.2) is 13.6 Å². The third-order valence-electron chi connectivity index (χ3n) is 2.60. The molecule has 0 saturated heterocycles. The molecule has 2 rings (SSSR count). The number of benzene rings is 2. The number of phenols is 1. The number of phenolic OH excluding ortho intramolecular Hbond substituents is 1. The number of carbonyl (C=O) groups excluding carboxylic acids is 1. The van der Waals surface area contributed by atoms with E-state index in [1.807, 2.05) is 0 Å². The lowest BCUT2D eigenvalue weighted by molar-refractivity contribution is 0.0600. The second kappa shape index (κ2) is 5.06. The van der Waals surface area contributed by atoms with E-state index in [2.05, 4.69) is 4.74 Å². The second-order valence-corrected chi connectivity index (χ2v) is 3.89. The van der Waals surface area contributed by atoms with Crippen molar-refractivity contribution in [3.63, 3.8) is 0 Å². The van der Waals surface area contributed by atoms with E-state index in [0.717, 1.165) is 18.2 Å². The Hall–Kier alpha value is -2.43. The highest BCUT2D eigenvalue weighted by Gasteiger charge is 2.11. The van der Waals surface area contributed by atoms with Crippen LogP contribution in [-0.2, 0) is 4.74 Å². The van der Waals surface area contributed by atoms with E-state index in [1.54, 1.807) is 0 Å². The lowest BCUT2D eigenvalue weighted by Gasteiger charge is -2.06. The van der Waals surface area contributed by atoms with E-state index < -0.39 is 23.4 Å². The first-order valence-corrected chi connectivity index (χ1v) is 5.39.